The van der Waals surface area contributed by atoms with Crippen LogP contribution in [0.5, 0.6) is 0 Å². The third-order valence-electron chi connectivity index (χ3n) is 1.27. The first-order valence-electron chi connectivity index (χ1n) is 3.05. The van der Waals surface area contributed by atoms with Crippen LogP contribution in [-0.2, 0) is 0 Å². The minimum absolute atomic E-state index is 0.290. The van der Waals surface area contributed by atoms with Crippen LogP contribution >= 0.6 is 12.2 Å². The van der Waals surface area contributed by atoms with Crippen molar-refractivity contribution in [1.29, 1.82) is 0 Å². The molecule has 0 fully saturated rings. The van der Waals surface area contributed by atoms with Crippen LogP contribution in [0.25, 0.3) is 0 Å². The third-order valence-corrected chi connectivity index (χ3v) is 1.94. The summed E-state index contributed by atoms with van der Waals surface area (Å²) in [6.07, 6.45) is 0. The Balaban J connectivity index is 4.38. The molecule has 58 valence electrons. The lowest BCUT2D eigenvalue weighted by Crippen LogP contribution is -2.21. The van der Waals surface area contributed by atoms with E-state index in [4.69, 9.17) is 17.3 Å². The molecule has 0 radical (unpaired) electrons. The number of aliphatic hydroxyl groups is 1. The molecule has 0 heterocycles. The van der Waals surface area contributed by atoms with Crippen molar-refractivity contribution in [2.45, 2.75) is 13.8 Å². The maximum absolute atomic E-state index is 9.01. The van der Waals surface area contributed by atoms with E-state index in [0.717, 1.165) is 5.57 Å². The van der Waals surface area contributed by atoms with E-state index in [-0.39, 0.29) is 0 Å². The molecular weight excluding hydrogens is 146 g/mol. The highest BCUT2D eigenvalue weighted by atomic mass is 32.1. The second kappa shape index (κ2) is 3.56. The monoisotopic (exact) mass is 159 g/mol. The van der Waals surface area contributed by atoms with Gasteiger partial charge in [-0.3, -0.25) is 0 Å². The Labute approximate surface area is 67.2 Å². The standard InChI is InChI=1S/C7H13NOS/c1-5(6(2)9)7(10)8(3)4/h9H,1-4H3/b6-5-. The Morgan fingerprint density at radius 1 is 1.30 bits per heavy atom. The highest BCUT2D eigenvalue weighted by Gasteiger charge is 2.03. The van der Waals surface area contributed by atoms with E-state index in [9.17, 15) is 0 Å². The van der Waals surface area contributed by atoms with Gasteiger partial charge in [0.1, 0.15) is 4.99 Å². The van der Waals surface area contributed by atoms with Crippen molar-refractivity contribution in [3.63, 3.8) is 0 Å². The smallest absolute Gasteiger partial charge is 0.107 e. The molecule has 1 N–H and O–H groups in total. The number of hydrogen-bond acceptors (Lipinski definition) is 2. The molecule has 0 amide bonds. The summed E-state index contributed by atoms with van der Waals surface area (Å²) in [6, 6.07) is 0. The number of hydrogen-bond donors (Lipinski definition) is 1. The molecule has 0 aliphatic carbocycles. The van der Waals surface area contributed by atoms with Gasteiger partial charge in [0.2, 0.25) is 0 Å². The molecule has 2 nitrogen and oxygen atoms in total. The average molecular weight is 159 g/mol. The second-order valence-corrected chi connectivity index (χ2v) is 2.80. The van der Waals surface area contributed by atoms with Gasteiger partial charge in [0, 0.05) is 19.7 Å². The second-order valence-electron chi connectivity index (χ2n) is 2.41. The molecule has 10 heavy (non-hydrogen) atoms. The number of allylic oxidation sites excluding steroid dienone is 1. The van der Waals surface area contributed by atoms with Crippen molar-refractivity contribution in [2.75, 3.05) is 14.1 Å². The number of likely N-dealkylation sites (N-methyl/N-ethyl adjacent to an activating group) is 1. The molecule has 0 unspecified atom stereocenters. The minimum Gasteiger partial charge on any atom is -0.512 e. The van der Waals surface area contributed by atoms with Gasteiger partial charge < -0.3 is 10.0 Å². The van der Waals surface area contributed by atoms with Gasteiger partial charge in [-0.2, -0.15) is 0 Å². The zero-order valence-electron chi connectivity index (χ0n) is 6.80. The highest BCUT2D eigenvalue weighted by Crippen LogP contribution is 2.03. The van der Waals surface area contributed by atoms with E-state index in [1.165, 1.54) is 0 Å². The number of aliphatic hydroxyl groups excluding tert-OH is 1. The average Bonchev–Trinajstić information content (AvgIpc) is 1.84. The summed E-state index contributed by atoms with van der Waals surface area (Å²) in [6.45, 7) is 3.43. The van der Waals surface area contributed by atoms with Gasteiger partial charge >= 0.3 is 0 Å². The maximum atomic E-state index is 9.01. The van der Waals surface area contributed by atoms with Crippen LogP contribution in [0.1, 0.15) is 13.8 Å². The van der Waals surface area contributed by atoms with Gasteiger partial charge in [0.05, 0.1) is 5.76 Å². The fourth-order valence-electron chi connectivity index (χ4n) is 0.490. The molecule has 0 aromatic carbocycles. The first-order valence-corrected chi connectivity index (χ1v) is 3.45. The quantitative estimate of drug-likeness (QED) is 0.358. The molecule has 0 spiro atoms. The maximum Gasteiger partial charge on any atom is 0.107 e. The summed E-state index contributed by atoms with van der Waals surface area (Å²) >= 11 is 4.98. The van der Waals surface area contributed by atoms with Gasteiger partial charge in [-0.15, -0.1) is 0 Å². The first-order chi connectivity index (χ1) is 4.46. The lowest BCUT2D eigenvalue weighted by atomic mass is 10.2. The van der Waals surface area contributed by atoms with Gasteiger partial charge in [0.25, 0.3) is 0 Å². The van der Waals surface area contributed by atoms with E-state index in [0.29, 0.717) is 10.7 Å². The normalized spacial score (nSPS) is 12.4. The molecule has 0 aromatic heterocycles. The molecule has 0 aliphatic rings. The zero-order chi connectivity index (χ0) is 8.31. The van der Waals surface area contributed by atoms with Crippen molar-refractivity contribution in [3.05, 3.63) is 11.3 Å². The van der Waals surface area contributed by atoms with Gasteiger partial charge in [0.15, 0.2) is 0 Å². The zero-order valence-corrected chi connectivity index (χ0v) is 7.62. The first kappa shape index (κ1) is 9.43. The van der Waals surface area contributed by atoms with Crippen molar-refractivity contribution in [1.82, 2.24) is 4.90 Å². The molecule has 0 bridgehead atoms. The fourth-order valence-corrected chi connectivity index (χ4v) is 0.638. The summed E-state index contributed by atoms with van der Waals surface area (Å²) in [5, 5.41) is 9.01. The Morgan fingerprint density at radius 2 is 1.70 bits per heavy atom. The molecule has 0 atom stereocenters. The van der Waals surface area contributed by atoms with E-state index < -0.39 is 0 Å². The van der Waals surface area contributed by atoms with Crippen molar-refractivity contribution >= 4 is 17.2 Å². The largest absolute Gasteiger partial charge is 0.512 e. The van der Waals surface area contributed by atoms with Gasteiger partial charge in [-0.1, -0.05) is 12.2 Å². The van der Waals surface area contributed by atoms with Crippen molar-refractivity contribution < 1.29 is 5.11 Å². The fraction of sp³-hybridized carbons (Fsp3) is 0.571. The molecule has 0 saturated heterocycles. The SMILES string of the molecule is C/C(O)=C(\C)C(=S)N(C)C. The third kappa shape index (κ3) is 2.35. The van der Waals surface area contributed by atoms with Crippen LogP contribution in [0.3, 0.4) is 0 Å². The van der Waals surface area contributed by atoms with Crippen LogP contribution in [0, 0.1) is 0 Å². The molecular formula is C7H13NOS. The van der Waals surface area contributed by atoms with Crippen LogP contribution < -0.4 is 0 Å². The summed E-state index contributed by atoms with van der Waals surface area (Å²) in [5.41, 5.74) is 0.764. The van der Waals surface area contributed by atoms with Crippen LogP contribution in [0.2, 0.25) is 0 Å². The summed E-state index contributed by atoms with van der Waals surface area (Å²) in [4.78, 5) is 2.48. The predicted molar refractivity (Wildman–Crippen MR) is 47.3 cm³/mol. The van der Waals surface area contributed by atoms with Gasteiger partial charge in [-0.05, 0) is 13.8 Å². The molecule has 0 rings (SSSR count). The molecule has 3 heteroatoms. The predicted octanol–water partition coefficient (Wildman–Crippen LogP) is 1.73. The Hall–Kier alpha value is -0.570. The van der Waals surface area contributed by atoms with E-state index in [2.05, 4.69) is 0 Å². The summed E-state index contributed by atoms with van der Waals surface area (Å²) in [7, 11) is 3.71. The molecule has 0 aromatic rings. The Morgan fingerprint density at radius 3 is 1.80 bits per heavy atom. The number of nitrogens with zero attached hydrogens (tertiary/aromatic N) is 1. The Kier molecular flexibility index (Phi) is 3.36. The molecule has 0 aliphatic heterocycles. The van der Waals surface area contributed by atoms with E-state index in [1.54, 1.807) is 18.7 Å². The van der Waals surface area contributed by atoms with E-state index >= 15 is 0 Å². The number of thiocarbonyl (C=S) groups is 1. The van der Waals surface area contributed by atoms with Crippen molar-refractivity contribution in [3.8, 4) is 0 Å². The summed E-state index contributed by atoms with van der Waals surface area (Å²) < 4.78 is 0. The highest BCUT2D eigenvalue weighted by molar-refractivity contribution is 7.80. The lowest BCUT2D eigenvalue weighted by Gasteiger charge is -2.13. The molecule has 0 saturated carbocycles. The van der Waals surface area contributed by atoms with Crippen molar-refractivity contribution in [2.24, 2.45) is 0 Å². The van der Waals surface area contributed by atoms with Crippen LogP contribution in [-0.4, -0.2) is 29.1 Å². The lowest BCUT2D eigenvalue weighted by molar-refractivity contribution is 0.409. The van der Waals surface area contributed by atoms with Gasteiger partial charge in [-0.25, -0.2) is 0 Å². The number of rotatable bonds is 1. The van der Waals surface area contributed by atoms with Crippen LogP contribution in [0.4, 0.5) is 0 Å². The minimum atomic E-state index is 0.290. The summed E-state index contributed by atoms with van der Waals surface area (Å²) in [5.74, 6) is 0.290. The van der Waals surface area contributed by atoms with Crippen LogP contribution in [0.15, 0.2) is 11.3 Å². The van der Waals surface area contributed by atoms with E-state index in [1.807, 2.05) is 14.1 Å². The Bertz CT molecular complexity index is 168. The topological polar surface area (TPSA) is 23.5 Å².